The van der Waals surface area contributed by atoms with Crippen LogP contribution in [0.5, 0.6) is 5.75 Å². The number of nitrogens with one attached hydrogen (secondary N) is 1. The normalized spacial score (nSPS) is 11.7. The lowest BCUT2D eigenvalue weighted by atomic mass is 10.2. The van der Waals surface area contributed by atoms with Gasteiger partial charge in [0.2, 0.25) is 5.91 Å². The fourth-order valence-corrected chi connectivity index (χ4v) is 1.42. The molecule has 0 aromatic heterocycles. The highest BCUT2D eigenvalue weighted by molar-refractivity contribution is 5.83. The lowest BCUT2D eigenvalue weighted by molar-refractivity contribution is -0.142. The van der Waals surface area contributed by atoms with Gasteiger partial charge in [-0.15, -0.1) is 0 Å². The minimum Gasteiger partial charge on any atom is -0.493 e. The molecule has 1 aromatic rings. The largest absolute Gasteiger partial charge is 0.493 e. The molecular formula is C13H16FNO4. The predicted molar refractivity (Wildman–Crippen MR) is 66.4 cm³/mol. The Balaban J connectivity index is 2.33. The van der Waals surface area contributed by atoms with Crippen molar-refractivity contribution in [1.82, 2.24) is 5.32 Å². The lowest BCUT2D eigenvalue weighted by Gasteiger charge is -2.12. The number of hydrogen-bond donors (Lipinski definition) is 2. The third-order valence-electron chi connectivity index (χ3n) is 2.44. The van der Waals surface area contributed by atoms with Crippen LogP contribution in [0, 0.1) is 5.82 Å². The van der Waals surface area contributed by atoms with E-state index in [1.54, 1.807) is 13.0 Å². The molecule has 0 saturated heterocycles. The van der Waals surface area contributed by atoms with Gasteiger partial charge in [-0.25, -0.2) is 9.18 Å². The molecule has 19 heavy (non-hydrogen) atoms. The zero-order valence-electron chi connectivity index (χ0n) is 10.6. The fraction of sp³-hybridized carbons (Fsp3) is 0.385. The van der Waals surface area contributed by atoms with E-state index in [2.05, 4.69) is 5.32 Å². The molecule has 1 rings (SSSR count). The first kappa shape index (κ1) is 14.9. The minimum absolute atomic E-state index is 0.0142. The molecule has 104 valence electrons. The van der Waals surface area contributed by atoms with Crippen LogP contribution < -0.4 is 10.1 Å². The van der Waals surface area contributed by atoms with Crippen molar-refractivity contribution >= 4 is 11.9 Å². The van der Waals surface area contributed by atoms with Gasteiger partial charge in [0.15, 0.2) is 0 Å². The Hall–Kier alpha value is -2.11. The van der Waals surface area contributed by atoms with Crippen molar-refractivity contribution in [3.05, 3.63) is 30.1 Å². The van der Waals surface area contributed by atoms with E-state index in [0.29, 0.717) is 12.2 Å². The number of hydrogen-bond acceptors (Lipinski definition) is 3. The van der Waals surface area contributed by atoms with Crippen LogP contribution in [0.4, 0.5) is 4.39 Å². The van der Waals surface area contributed by atoms with Crippen molar-refractivity contribution in [2.45, 2.75) is 25.8 Å². The van der Waals surface area contributed by atoms with E-state index in [1.165, 1.54) is 18.2 Å². The molecule has 0 aliphatic carbocycles. The molecule has 0 fully saturated rings. The number of carboxylic acid groups (broad SMARTS) is 1. The molecule has 0 saturated carbocycles. The molecule has 1 atom stereocenters. The number of amides is 1. The minimum atomic E-state index is -1.07. The van der Waals surface area contributed by atoms with Gasteiger partial charge in [-0.3, -0.25) is 4.79 Å². The van der Waals surface area contributed by atoms with Crippen LogP contribution in [-0.2, 0) is 9.59 Å². The summed E-state index contributed by atoms with van der Waals surface area (Å²) in [5, 5.41) is 11.1. The average molecular weight is 269 g/mol. The van der Waals surface area contributed by atoms with Crippen LogP contribution in [-0.4, -0.2) is 29.6 Å². The Morgan fingerprint density at radius 2 is 2.21 bits per heavy atom. The summed E-state index contributed by atoms with van der Waals surface area (Å²) in [5.41, 5.74) is 0. The Morgan fingerprint density at radius 3 is 2.79 bits per heavy atom. The summed E-state index contributed by atoms with van der Waals surface area (Å²) < 4.78 is 18.0. The standard InChI is InChI=1S/C13H16FNO4/c1-2-11(13(17)18)15-12(16)6-7-19-10-5-3-4-9(14)8-10/h3-5,8,11H,2,6-7H2,1H3,(H,15,16)(H,17,18)/t11-/m0/s1. The van der Waals surface area contributed by atoms with Crippen molar-refractivity contribution < 1.29 is 23.8 Å². The third-order valence-corrected chi connectivity index (χ3v) is 2.44. The molecule has 2 N–H and O–H groups in total. The fourth-order valence-electron chi connectivity index (χ4n) is 1.42. The third kappa shape index (κ3) is 5.37. The number of halogens is 1. The molecule has 0 unspecified atom stereocenters. The van der Waals surface area contributed by atoms with Crippen molar-refractivity contribution in [2.75, 3.05) is 6.61 Å². The zero-order chi connectivity index (χ0) is 14.3. The maximum Gasteiger partial charge on any atom is 0.326 e. The molecule has 0 bridgehead atoms. The van der Waals surface area contributed by atoms with Gasteiger partial charge < -0.3 is 15.2 Å². The molecule has 1 aromatic carbocycles. The number of aliphatic carboxylic acids is 1. The zero-order valence-corrected chi connectivity index (χ0v) is 10.6. The van der Waals surface area contributed by atoms with Crippen molar-refractivity contribution in [2.24, 2.45) is 0 Å². The molecule has 0 aliphatic rings. The van der Waals surface area contributed by atoms with Crippen LogP contribution in [0.25, 0.3) is 0 Å². The van der Waals surface area contributed by atoms with Crippen LogP contribution in [0.15, 0.2) is 24.3 Å². The van der Waals surface area contributed by atoms with E-state index in [4.69, 9.17) is 9.84 Å². The maximum absolute atomic E-state index is 12.8. The van der Waals surface area contributed by atoms with E-state index >= 15 is 0 Å². The van der Waals surface area contributed by atoms with E-state index < -0.39 is 23.7 Å². The second kappa shape index (κ2) is 7.35. The predicted octanol–water partition coefficient (Wildman–Crippen LogP) is 1.57. The monoisotopic (exact) mass is 269 g/mol. The van der Waals surface area contributed by atoms with E-state index in [9.17, 15) is 14.0 Å². The van der Waals surface area contributed by atoms with Crippen LogP contribution in [0.3, 0.4) is 0 Å². The summed E-state index contributed by atoms with van der Waals surface area (Å²) >= 11 is 0. The van der Waals surface area contributed by atoms with E-state index in [-0.39, 0.29) is 13.0 Å². The molecule has 5 nitrogen and oxygen atoms in total. The van der Waals surface area contributed by atoms with Gasteiger partial charge in [0.1, 0.15) is 17.6 Å². The van der Waals surface area contributed by atoms with Crippen LogP contribution in [0.2, 0.25) is 0 Å². The second-order valence-corrected chi connectivity index (χ2v) is 3.92. The Morgan fingerprint density at radius 1 is 1.47 bits per heavy atom. The summed E-state index contributed by atoms with van der Waals surface area (Å²) in [4.78, 5) is 22.2. The molecule has 0 heterocycles. The number of benzene rings is 1. The quantitative estimate of drug-likeness (QED) is 0.788. The highest BCUT2D eigenvalue weighted by Crippen LogP contribution is 2.11. The summed E-state index contributed by atoms with van der Waals surface area (Å²) in [6, 6.07) is 4.69. The van der Waals surface area contributed by atoms with Crippen molar-refractivity contribution in [3.63, 3.8) is 0 Å². The van der Waals surface area contributed by atoms with E-state index in [1.807, 2.05) is 0 Å². The van der Waals surface area contributed by atoms with Gasteiger partial charge >= 0.3 is 5.97 Å². The summed E-state index contributed by atoms with van der Waals surface area (Å²) in [6.45, 7) is 1.73. The van der Waals surface area contributed by atoms with Crippen LogP contribution >= 0.6 is 0 Å². The molecule has 0 spiro atoms. The SMILES string of the molecule is CC[C@H](NC(=O)CCOc1cccc(F)c1)C(=O)O. The number of carboxylic acids is 1. The molecular weight excluding hydrogens is 253 g/mol. The second-order valence-electron chi connectivity index (χ2n) is 3.92. The lowest BCUT2D eigenvalue weighted by Crippen LogP contribution is -2.40. The van der Waals surface area contributed by atoms with Gasteiger partial charge in [0, 0.05) is 6.07 Å². The summed E-state index contributed by atoms with van der Waals surface area (Å²) in [6.07, 6.45) is 0.326. The molecule has 0 aliphatic heterocycles. The average Bonchev–Trinajstić information content (AvgIpc) is 2.35. The maximum atomic E-state index is 12.8. The van der Waals surface area contributed by atoms with Crippen LogP contribution in [0.1, 0.15) is 19.8 Å². The first-order chi connectivity index (χ1) is 9.02. The molecule has 1 amide bonds. The molecule has 6 heteroatoms. The van der Waals surface area contributed by atoms with Gasteiger partial charge in [-0.1, -0.05) is 13.0 Å². The number of ether oxygens (including phenoxy) is 1. The first-order valence-corrected chi connectivity index (χ1v) is 5.93. The smallest absolute Gasteiger partial charge is 0.326 e. The Bertz CT molecular complexity index is 450. The van der Waals surface area contributed by atoms with Gasteiger partial charge in [0.05, 0.1) is 13.0 Å². The topological polar surface area (TPSA) is 75.6 Å². The number of carbonyl (C=O) groups excluding carboxylic acids is 1. The first-order valence-electron chi connectivity index (χ1n) is 5.93. The highest BCUT2D eigenvalue weighted by Gasteiger charge is 2.17. The van der Waals surface area contributed by atoms with E-state index in [0.717, 1.165) is 0 Å². The number of rotatable bonds is 7. The highest BCUT2D eigenvalue weighted by atomic mass is 19.1. The van der Waals surface area contributed by atoms with Gasteiger partial charge in [-0.05, 0) is 18.6 Å². The summed E-state index contributed by atoms with van der Waals surface area (Å²) in [7, 11) is 0. The summed E-state index contributed by atoms with van der Waals surface area (Å²) in [5.74, 6) is -1.57. The number of carbonyl (C=O) groups is 2. The Labute approximate surface area is 110 Å². The van der Waals surface area contributed by atoms with Crippen molar-refractivity contribution in [3.8, 4) is 5.75 Å². The van der Waals surface area contributed by atoms with Gasteiger partial charge in [0.25, 0.3) is 0 Å². The van der Waals surface area contributed by atoms with Crippen molar-refractivity contribution in [1.29, 1.82) is 0 Å². The van der Waals surface area contributed by atoms with Gasteiger partial charge in [-0.2, -0.15) is 0 Å². The molecule has 0 radical (unpaired) electrons. The Kier molecular flexibility index (Phi) is 5.78.